The number of carbonyl (C=O) groups is 1. The summed E-state index contributed by atoms with van der Waals surface area (Å²) in [7, 11) is 0. The predicted octanol–water partition coefficient (Wildman–Crippen LogP) is 2.22. The van der Waals surface area contributed by atoms with Gasteiger partial charge in [0.05, 0.1) is 18.1 Å². The molecule has 0 bridgehead atoms. The van der Waals surface area contributed by atoms with Gasteiger partial charge in [0.15, 0.2) is 11.5 Å². The van der Waals surface area contributed by atoms with Crippen LogP contribution in [0.3, 0.4) is 0 Å². The molecule has 0 saturated carbocycles. The molecule has 1 aliphatic heterocycles. The number of hydrogen-bond acceptors (Lipinski definition) is 5. The Bertz CT molecular complexity index is 591. The average molecular weight is 229 g/mol. The quantitative estimate of drug-likeness (QED) is 0.585. The van der Waals surface area contributed by atoms with E-state index in [4.69, 9.17) is 8.83 Å². The number of carbonyl (C=O) groups excluding carboxylic acids is 1. The second-order valence-corrected chi connectivity index (χ2v) is 3.37. The van der Waals surface area contributed by atoms with E-state index in [0.29, 0.717) is 22.8 Å². The number of hydrogen-bond donors (Lipinski definition) is 0. The van der Waals surface area contributed by atoms with E-state index in [9.17, 15) is 4.79 Å². The summed E-state index contributed by atoms with van der Waals surface area (Å²) >= 11 is 0. The minimum absolute atomic E-state index is 0.315. The second kappa shape index (κ2) is 3.79. The van der Waals surface area contributed by atoms with Crippen molar-refractivity contribution in [2.75, 3.05) is 0 Å². The van der Waals surface area contributed by atoms with Gasteiger partial charge in [-0.05, 0) is 30.3 Å². The summed E-state index contributed by atoms with van der Waals surface area (Å²) in [6.45, 7) is 0. The van der Waals surface area contributed by atoms with Crippen molar-refractivity contribution in [2.45, 2.75) is 0 Å². The van der Waals surface area contributed by atoms with Crippen LogP contribution in [0.25, 0.3) is 6.08 Å². The molecule has 84 valence electrons. The summed E-state index contributed by atoms with van der Waals surface area (Å²) in [6, 6.07) is 6.89. The van der Waals surface area contributed by atoms with Crippen molar-refractivity contribution in [2.24, 2.45) is 5.16 Å². The van der Waals surface area contributed by atoms with E-state index < -0.39 is 5.97 Å². The molecule has 0 unspecified atom stereocenters. The van der Waals surface area contributed by atoms with Crippen molar-refractivity contribution in [3.63, 3.8) is 0 Å². The lowest BCUT2D eigenvalue weighted by Gasteiger charge is -1.94. The Morgan fingerprint density at radius 1 is 1.12 bits per heavy atom. The molecule has 0 aliphatic carbocycles. The highest BCUT2D eigenvalue weighted by Gasteiger charge is 2.28. The van der Waals surface area contributed by atoms with E-state index >= 15 is 0 Å². The van der Waals surface area contributed by atoms with E-state index in [1.165, 1.54) is 12.5 Å². The van der Waals surface area contributed by atoms with Gasteiger partial charge in [-0.2, -0.15) is 0 Å². The molecule has 0 atom stereocenters. The number of nitrogens with zero attached hydrogens (tertiary/aromatic N) is 1. The van der Waals surface area contributed by atoms with Crippen LogP contribution in [-0.4, -0.2) is 11.7 Å². The van der Waals surface area contributed by atoms with Gasteiger partial charge in [0, 0.05) is 0 Å². The van der Waals surface area contributed by atoms with E-state index in [1.54, 1.807) is 30.3 Å². The summed E-state index contributed by atoms with van der Waals surface area (Å²) in [6.07, 6.45) is 4.60. The van der Waals surface area contributed by atoms with Gasteiger partial charge in [-0.3, -0.25) is 0 Å². The van der Waals surface area contributed by atoms with Crippen molar-refractivity contribution in [3.05, 3.63) is 53.9 Å². The lowest BCUT2D eigenvalue weighted by atomic mass is 10.1. The zero-order chi connectivity index (χ0) is 11.7. The highest BCUT2D eigenvalue weighted by atomic mass is 16.7. The standard InChI is InChI=1S/C12H7NO4/c14-12-9(7-8-3-1-5-15-8)11(13-17-12)10-4-2-6-16-10/h1-7H/b9-7+. The number of oxime groups is 1. The number of rotatable bonds is 2. The zero-order valence-corrected chi connectivity index (χ0v) is 8.62. The van der Waals surface area contributed by atoms with Crippen molar-refractivity contribution in [1.82, 2.24) is 0 Å². The lowest BCUT2D eigenvalue weighted by Crippen LogP contribution is -2.05. The molecule has 0 amide bonds. The minimum Gasteiger partial charge on any atom is -0.465 e. The van der Waals surface area contributed by atoms with Crippen LogP contribution in [0, 0.1) is 0 Å². The van der Waals surface area contributed by atoms with E-state index in [1.807, 2.05) is 0 Å². The van der Waals surface area contributed by atoms with Gasteiger partial charge in [-0.25, -0.2) is 4.79 Å². The second-order valence-electron chi connectivity index (χ2n) is 3.37. The van der Waals surface area contributed by atoms with Crippen LogP contribution in [0.15, 0.2) is 56.4 Å². The molecule has 2 aromatic heterocycles. The van der Waals surface area contributed by atoms with Crippen molar-refractivity contribution in [3.8, 4) is 0 Å². The Kier molecular flexibility index (Phi) is 2.15. The molecule has 0 aromatic carbocycles. The van der Waals surface area contributed by atoms with Crippen molar-refractivity contribution >= 4 is 17.8 Å². The largest absolute Gasteiger partial charge is 0.465 e. The normalized spacial score (nSPS) is 17.3. The molecule has 5 heteroatoms. The molecule has 3 heterocycles. The Labute approximate surface area is 96.0 Å². The first kappa shape index (κ1) is 9.65. The molecule has 0 fully saturated rings. The fourth-order valence-corrected chi connectivity index (χ4v) is 1.52. The van der Waals surface area contributed by atoms with Gasteiger partial charge in [0.1, 0.15) is 5.76 Å². The summed E-state index contributed by atoms with van der Waals surface area (Å²) < 4.78 is 10.3. The SMILES string of the molecule is O=C1ON=C(c2ccco2)/C1=C\c1ccco1. The van der Waals surface area contributed by atoms with Crippen molar-refractivity contribution < 1.29 is 18.5 Å². The molecule has 3 rings (SSSR count). The Balaban J connectivity index is 2.03. The molecule has 17 heavy (non-hydrogen) atoms. The maximum Gasteiger partial charge on any atom is 0.368 e. The first-order chi connectivity index (χ1) is 8.34. The van der Waals surface area contributed by atoms with Crippen LogP contribution in [0.5, 0.6) is 0 Å². The first-order valence-corrected chi connectivity index (χ1v) is 4.93. The van der Waals surface area contributed by atoms with E-state index in [2.05, 4.69) is 9.99 Å². The van der Waals surface area contributed by atoms with E-state index in [-0.39, 0.29) is 0 Å². The fourth-order valence-electron chi connectivity index (χ4n) is 1.52. The minimum atomic E-state index is -0.521. The molecular weight excluding hydrogens is 222 g/mol. The van der Waals surface area contributed by atoms with Crippen LogP contribution >= 0.6 is 0 Å². The lowest BCUT2D eigenvalue weighted by molar-refractivity contribution is -0.136. The molecule has 5 nitrogen and oxygen atoms in total. The summed E-state index contributed by atoms with van der Waals surface area (Å²) in [4.78, 5) is 16.1. The smallest absolute Gasteiger partial charge is 0.368 e. The maximum atomic E-state index is 11.5. The molecular formula is C12H7NO4. The summed E-state index contributed by atoms with van der Waals surface area (Å²) in [5.41, 5.74) is 0.686. The van der Waals surface area contributed by atoms with Gasteiger partial charge in [-0.1, -0.05) is 5.16 Å². The van der Waals surface area contributed by atoms with Gasteiger partial charge in [0.25, 0.3) is 0 Å². The first-order valence-electron chi connectivity index (χ1n) is 4.93. The van der Waals surface area contributed by atoms with Crippen LogP contribution < -0.4 is 0 Å². The third-order valence-corrected chi connectivity index (χ3v) is 2.28. The van der Waals surface area contributed by atoms with Crippen molar-refractivity contribution in [1.29, 1.82) is 0 Å². The van der Waals surface area contributed by atoms with Gasteiger partial charge >= 0.3 is 5.97 Å². The zero-order valence-electron chi connectivity index (χ0n) is 8.62. The van der Waals surface area contributed by atoms with Crippen LogP contribution in [0.2, 0.25) is 0 Å². The molecule has 2 aromatic rings. The monoisotopic (exact) mass is 229 g/mol. The molecule has 0 saturated heterocycles. The van der Waals surface area contributed by atoms with Gasteiger partial charge < -0.3 is 13.7 Å². The third-order valence-electron chi connectivity index (χ3n) is 2.28. The maximum absolute atomic E-state index is 11.5. The average Bonchev–Trinajstić information content (AvgIpc) is 3.03. The van der Waals surface area contributed by atoms with Gasteiger partial charge in [-0.15, -0.1) is 0 Å². The Morgan fingerprint density at radius 3 is 2.65 bits per heavy atom. The Hall–Kier alpha value is -2.56. The summed E-state index contributed by atoms with van der Waals surface area (Å²) in [5.74, 6) is 0.513. The van der Waals surface area contributed by atoms with Crippen LogP contribution in [0.4, 0.5) is 0 Å². The van der Waals surface area contributed by atoms with Crippen LogP contribution in [-0.2, 0) is 9.63 Å². The molecule has 0 spiro atoms. The predicted molar refractivity (Wildman–Crippen MR) is 58.0 cm³/mol. The van der Waals surface area contributed by atoms with Crippen LogP contribution in [0.1, 0.15) is 11.5 Å². The van der Waals surface area contributed by atoms with E-state index in [0.717, 1.165) is 0 Å². The summed E-state index contributed by atoms with van der Waals surface area (Å²) in [5, 5.41) is 3.68. The van der Waals surface area contributed by atoms with Gasteiger partial charge in [0.2, 0.25) is 0 Å². The molecule has 0 radical (unpaired) electrons. The molecule has 0 N–H and O–H groups in total. The molecule has 1 aliphatic rings. The third kappa shape index (κ3) is 1.67. The number of furan rings is 2. The fraction of sp³-hybridized carbons (Fsp3) is 0. The highest BCUT2D eigenvalue weighted by Crippen LogP contribution is 2.20. The highest BCUT2D eigenvalue weighted by molar-refractivity contribution is 6.30. The Morgan fingerprint density at radius 2 is 1.94 bits per heavy atom. The topological polar surface area (TPSA) is 64.9 Å².